The number of H-pyrrole nitrogens is 1. The number of benzene rings is 3. The number of nitrogens with one attached hydrogen (secondary N) is 1. The van der Waals surface area contributed by atoms with E-state index >= 15 is 0 Å². The molecule has 6 aromatic rings. The lowest BCUT2D eigenvalue weighted by Crippen LogP contribution is -2.00. The highest BCUT2D eigenvalue weighted by Crippen LogP contribution is 2.34. The molecule has 6 rings (SSSR count). The molecular weight excluding hydrogens is 474 g/mol. The molecule has 0 atom stereocenters. The van der Waals surface area contributed by atoms with Crippen molar-refractivity contribution in [3.8, 4) is 44.9 Å². The Morgan fingerprint density at radius 3 is 2.06 bits per heavy atom. The molecular formula is C26H19N7O2S. The van der Waals surface area contributed by atoms with Crippen LogP contribution in [0.3, 0.4) is 0 Å². The third-order valence-electron chi connectivity index (χ3n) is 5.99. The van der Waals surface area contributed by atoms with Crippen molar-refractivity contribution in [3.05, 3.63) is 91.3 Å². The maximum Gasteiger partial charge on any atom is 0.184 e. The van der Waals surface area contributed by atoms with Gasteiger partial charge in [-0.25, -0.2) is 23.0 Å². The molecule has 0 fully saturated rings. The molecule has 0 amide bonds. The third-order valence-corrected chi connectivity index (χ3v) is 7.11. The fraction of sp³-hybridized carbons (Fsp3) is 0.0385. The Balaban J connectivity index is 1.46. The van der Waals surface area contributed by atoms with Crippen molar-refractivity contribution in [2.45, 2.75) is 4.90 Å². The topological polar surface area (TPSA) is 119 Å². The zero-order valence-corrected chi connectivity index (χ0v) is 19.9. The van der Waals surface area contributed by atoms with Gasteiger partial charge in [-0.15, -0.1) is 5.10 Å². The summed E-state index contributed by atoms with van der Waals surface area (Å²) >= 11 is 0. The van der Waals surface area contributed by atoms with Crippen molar-refractivity contribution < 1.29 is 8.42 Å². The molecule has 3 aromatic carbocycles. The maximum atomic E-state index is 11.8. The van der Waals surface area contributed by atoms with Crippen LogP contribution in [-0.2, 0) is 9.84 Å². The van der Waals surface area contributed by atoms with Crippen molar-refractivity contribution in [3.63, 3.8) is 0 Å². The van der Waals surface area contributed by atoms with Gasteiger partial charge < -0.3 is 0 Å². The van der Waals surface area contributed by atoms with Crippen LogP contribution in [-0.4, -0.2) is 49.9 Å². The predicted octanol–water partition coefficient (Wildman–Crippen LogP) is 4.31. The van der Waals surface area contributed by atoms with E-state index in [0.29, 0.717) is 21.9 Å². The first-order valence-corrected chi connectivity index (χ1v) is 13.0. The Morgan fingerprint density at radius 2 is 1.42 bits per heavy atom. The number of rotatable bonds is 5. The van der Waals surface area contributed by atoms with Gasteiger partial charge in [0.2, 0.25) is 0 Å². The number of nitrogens with zero attached hydrogens (tertiary/aromatic N) is 6. The Hall–Kier alpha value is -4.70. The second-order valence-electron chi connectivity index (χ2n) is 8.30. The van der Waals surface area contributed by atoms with E-state index in [0.717, 1.165) is 33.5 Å². The SMILES string of the molecule is CS(=O)(=O)c1ccc(-c2ccc(-c3cnc4c(-c5nnn[nH]5)cnn4c3-c3ccccc3)cc2)cc1. The number of fused-ring (bicyclic) bond motifs is 1. The Labute approximate surface area is 206 Å². The minimum atomic E-state index is -3.23. The largest absolute Gasteiger partial charge is 0.239 e. The van der Waals surface area contributed by atoms with Crippen LogP contribution >= 0.6 is 0 Å². The van der Waals surface area contributed by atoms with Gasteiger partial charge in [-0.3, -0.25) is 0 Å². The molecule has 0 bridgehead atoms. The van der Waals surface area contributed by atoms with E-state index in [1.807, 2.05) is 72.9 Å². The van der Waals surface area contributed by atoms with Crippen LogP contribution in [0.4, 0.5) is 0 Å². The van der Waals surface area contributed by atoms with Gasteiger partial charge >= 0.3 is 0 Å². The fourth-order valence-electron chi connectivity index (χ4n) is 4.19. The average Bonchev–Trinajstić information content (AvgIpc) is 3.58. The highest BCUT2D eigenvalue weighted by Gasteiger charge is 2.18. The molecule has 0 aliphatic rings. The van der Waals surface area contributed by atoms with Gasteiger partial charge in [0.1, 0.15) is 0 Å². The third kappa shape index (κ3) is 3.83. The molecule has 1 N–H and O–H groups in total. The molecule has 0 spiro atoms. The van der Waals surface area contributed by atoms with E-state index < -0.39 is 9.84 Å². The molecule has 0 saturated carbocycles. The predicted molar refractivity (Wildman–Crippen MR) is 136 cm³/mol. The minimum absolute atomic E-state index is 0.300. The molecule has 10 heteroatoms. The quantitative estimate of drug-likeness (QED) is 0.380. The van der Waals surface area contributed by atoms with E-state index in [4.69, 9.17) is 4.98 Å². The summed E-state index contributed by atoms with van der Waals surface area (Å²) in [7, 11) is -3.23. The summed E-state index contributed by atoms with van der Waals surface area (Å²) in [5, 5.41) is 18.7. The summed E-state index contributed by atoms with van der Waals surface area (Å²) in [4.78, 5) is 5.00. The average molecular weight is 494 g/mol. The number of aromatic amines is 1. The number of tetrazole rings is 1. The van der Waals surface area contributed by atoms with E-state index in [2.05, 4.69) is 25.7 Å². The summed E-state index contributed by atoms with van der Waals surface area (Å²) in [5.74, 6) is 0.496. The van der Waals surface area contributed by atoms with Crippen LogP contribution in [0.25, 0.3) is 50.5 Å². The standard InChI is InChI=1S/C26H19N7O2S/c1-36(34,35)21-13-11-18(12-14-21)17-7-9-19(10-8-17)22-15-27-26-23(25-29-31-32-30-25)16-28-33(26)24(22)20-5-3-2-4-6-20/h2-16H,1H3,(H,29,30,31,32). The Kier molecular flexibility index (Phi) is 5.15. The molecule has 0 radical (unpaired) electrons. The molecule has 0 aliphatic heterocycles. The molecule has 36 heavy (non-hydrogen) atoms. The van der Waals surface area contributed by atoms with E-state index in [1.54, 1.807) is 22.8 Å². The number of hydrogen-bond acceptors (Lipinski definition) is 7. The van der Waals surface area contributed by atoms with Crippen LogP contribution in [0.2, 0.25) is 0 Å². The normalized spacial score (nSPS) is 11.7. The first-order chi connectivity index (χ1) is 17.5. The molecule has 0 unspecified atom stereocenters. The fourth-order valence-corrected chi connectivity index (χ4v) is 4.82. The zero-order valence-electron chi connectivity index (χ0n) is 19.1. The lowest BCUT2D eigenvalue weighted by molar-refractivity contribution is 0.602. The van der Waals surface area contributed by atoms with Crippen molar-refractivity contribution in [2.24, 2.45) is 0 Å². The molecule has 3 aromatic heterocycles. The Morgan fingerprint density at radius 1 is 0.750 bits per heavy atom. The second kappa shape index (κ2) is 8.51. The van der Waals surface area contributed by atoms with Gasteiger partial charge in [0, 0.05) is 23.6 Å². The van der Waals surface area contributed by atoms with Gasteiger partial charge in [0.25, 0.3) is 0 Å². The van der Waals surface area contributed by atoms with Crippen LogP contribution in [0.1, 0.15) is 0 Å². The van der Waals surface area contributed by atoms with Crippen molar-refractivity contribution >= 4 is 15.5 Å². The lowest BCUT2D eigenvalue weighted by Gasteiger charge is -2.13. The van der Waals surface area contributed by atoms with E-state index in [1.165, 1.54) is 6.26 Å². The van der Waals surface area contributed by atoms with Crippen molar-refractivity contribution in [2.75, 3.05) is 6.26 Å². The van der Waals surface area contributed by atoms with Crippen molar-refractivity contribution in [1.82, 2.24) is 35.2 Å². The van der Waals surface area contributed by atoms with Crippen LogP contribution in [0.15, 0.2) is 96.2 Å². The van der Waals surface area contributed by atoms with Crippen molar-refractivity contribution in [1.29, 1.82) is 0 Å². The molecule has 9 nitrogen and oxygen atoms in total. The second-order valence-corrected chi connectivity index (χ2v) is 10.3. The smallest absolute Gasteiger partial charge is 0.184 e. The summed E-state index contributed by atoms with van der Waals surface area (Å²) in [6, 6.07) is 25.0. The number of hydrogen-bond donors (Lipinski definition) is 1. The molecule has 0 aliphatic carbocycles. The summed E-state index contributed by atoms with van der Waals surface area (Å²) in [5.41, 5.74) is 7.03. The monoisotopic (exact) mass is 493 g/mol. The summed E-state index contributed by atoms with van der Waals surface area (Å²) in [6.45, 7) is 0. The van der Waals surface area contributed by atoms with Gasteiger partial charge in [0.05, 0.1) is 22.3 Å². The van der Waals surface area contributed by atoms with E-state index in [-0.39, 0.29) is 0 Å². The summed E-state index contributed by atoms with van der Waals surface area (Å²) in [6.07, 6.45) is 4.74. The first-order valence-electron chi connectivity index (χ1n) is 11.1. The molecule has 3 heterocycles. The molecule has 176 valence electrons. The van der Waals surface area contributed by atoms with E-state index in [9.17, 15) is 8.42 Å². The lowest BCUT2D eigenvalue weighted by atomic mass is 9.98. The maximum absolute atomic E-state index is 11.8. The van der Waals surface area contributed by atoms with Gasteiger partial charge in [-0.2, -0.15) is 5.10 Å². The first kappa shape index (κ1) is 21.8. The Bertz CT molecular complexity index is 1780. The van der Waals surface area contributed by atoms with Gasteiger partial charge in [0.15, 0.2) is 21.3 Å². The summed E-state index contributed by atoms with van der Waals surface area (Å²) < 4.78 is 25.3. The number of aromatic nitrogens is 7. The van der Waals surface area contributed by atoms with Crippen LogP contribution < -0.4 is 0 Å². The molecule has 0 saturated heterocycles. The number of sulfone groups is 1. The van der Waals surface area contributed by atoms with Gasteiger partial charge in [-0.1, -0.05) is 66.7 Å². The zero-order chi connectivity index (χ0) is 24.7. The highest BCUT2D eigenvalue weighted by atomic mass is 32.2. The van der Waals surface area contributed by atoms with Crippen LogP contribution in [0, 0.1) is 0 Å². The minimum Gasteiger partial charge on any atom is -0.239 e. The van der Waals surface area contributed by atoms with Gasteiger partial charge in [-0.05, 0) is 39.2 Å². The highest BCUT2D eigenvalue weighted by molar-refractivity contribution is 7.90. The van der Waals surface area contributed by atoms with Crippen LogP contribution in [0.5, 0.6) is 0 Å².